The first-order valence-corrected chi connectivity index (χ1v) is 5.42. The van der Waals surface area contributed by atoms with Crippen molar-refractivity contribution in [3.05, 3.63) is 35.4 Å². The van der Waals surface area contributed by atoms with Crippen molar-refractivity contribution in [1.82, 2.24) is 5.32 Å². The zero-order valence-electron chi connectivity index (χ0n) is 10.3. The molecule has 1 aromatic carbocycles. The molecule has 0 fully saturated rings. The monoisotopic (exact) mass is 258 g/mol. The first-order chi connectivity index (χ1) is 8.43. The van der Waals surface area contributed by atoms with E-state index in [1.54, 1.807) is 0 Å². The number of carbonyl (C=O) groups excluding carboxylic acids is 1. The van der Waals surface area contributed by atoms with E-state index in [1.807, 2.05) is 0 Å². The van der Waals surface area contributed by atoms with Gasteiger partial charge in [-0.3, -0.25) is 10.1 Å². The van der Waals surface area contributed by atoms with Crippen molar-refractivity contribution in [1.29, 1.82) is 0 Å². The molecule has 1 unspecified atom stereocenters. The van der Waals surface area contributed by atoms with Crippen LogP contribution in [0.3, 0.4) is 0 Å². The largest absolute Gasteiger partial charge is 0.383 e. The third kappa shape index (κ3) is 2.83. The van der Waals surface area contributed by atoms with Crippen LogP contribution < -0.4 is 11.1 Å². The lowest BCUT2D eigenvalue weighted by molar-refractivity contribution is -0.124. The molecule has 1 amide bonds. The van der Waals surface area contributed by atoms with Crippen LogP contribution >= 0.6 is 0 Å². The van der Waals surface area contributed by atoms with E-state index in [2.05, 4.69) is 5.32 Å². The van der Waals surface area contributed by atoms with E-state index in [9.17, 15) is 13.6 Å². The second-order valence-electron chi connectivity index (χ2n) is 4.01. The van der Waals surface area contributed by atoms with Gasteiger partial charge in [0.15, 0.2) is 11.6 Å². The number of ether oxygens (including phenoxy) is 1. The van der Waals surface area contributed by atoms with Crippen molar-refractivity contribution in [2.24, 2.45) is 5.73 Å². The van der Waals surface area contributed by atoms with Gasteiger partial charge in [-0.25, -0.2) is 8.78 Å². The molecule has 0 bridgehead atoms. The van der Waals surface area contributed by atoms with E-state index < -0.39 is 23.1 Å². The molecule has 0 spiro atoms. The lowest BCUT2D eigenvalue weighted by atomic mass is 9.90. The molecule has 3 N–H and O–H groups in total. The molecule has 0 saturated heterocycles. The summed E-state index contributed by atoms with van der Waals surface area (Å²) < 4.78 is 31.7. The second-order valence-corrected chi connectivity index (χ2v) is 4.01. The normalized spacial score (nSPS) is 14.2. The average molecular weight is 258 g/mol. The van der Waals surface area contributed by atoms with Gasteiger partial charge < -0.3 is 10.5 Å². The standard InChI is InChI=1S/C12H16F2N2O2/c1-12(11(15)17,16-6-7-18-2)8-4-3-5-9(13)10(8)14/h3-5,16H,6-7H2,1-2H3,(H2,15,17). The highest BCUT2D eigenvalue weighted by molar-refractivity contribution is 5.85. The lowest BCUT2D eigenvalue weighted by Gasteiger charge is -2.28. The summed E-state index contributed by atoms with van der Waals surface area (Å²) >= 11 is 0. The fourth-order valence-electron chi connectivity index (χ4n) is 1.61. The van der Waals surface area contributed by atoms with Gasteiger partial charge in [-0.05, 0) is 13.0 Å². The van der Waals surface area contributed by atoms with E-state index in [0.29, 0.717) is 6.61 Å². The van der Waals surface area contributed by atoms with Crippen LogP contribution in [0.5, 0.6) is 0 Å². The number of rotatable bonds is 6. The molecular formula is C12H16F2N2O2. The molecule has 0 radical (unpaired) electrons. The van der Waals surface area contributed by atoms with E-state index in [0.717, 1.165) is 6.07 Å². The molecule has 4 nitrogen and oxygen atoms in total. The minimum Gasteiger partial charge on any atom is -0.383 e. The molecule has 0 saturated carbocycles. The summed E-state index contributed by atoms with van der Waals surface area (Å²) in [6, 6.07) is 3.63. The Morgan fingerprint density at radius 1 is 1.50 bits per heavy atom. The highest BCUT2D eigenvalue weighted by Gasteiger charge is 2.35. The summed E-state index contributed by atoms with van der Waals surface area (Å²) in [6.07, 6.45) is 0. The SMILES string of the molecule is COCCNC(C)(C(N)=O)c1cccc(F)c1F. The van der Waals surface area contributed by atoms with Crippen molar-refractivity contribution >= 4 is 5.91 Å². The molecule has 0 aromatic heterocycles. The van der Waals surface area contributed by atoms with Crippen molar-refractivity contribution in [2.75, 3.05) is 20.3 Å². The fraction of sp³-hybridized carbons (Fsp3) is 0.417. The number of amides is 1. The van der Waals surface area contributed by atoms with Crippen LogP contribution in [0.25, 0.3) is 0 Å². The number of hydrogen-bond acceptors (Lipinski definition) is 3. The molecule has 0 aliphatic carbocycles. The van der Waals surface area contributed by atoms with Crippen molar-refractivity contribution in [3.63, 3.8) is 0 Å². The number of halogens is 2. The molecule has 0 aliphatic heterocycles. The van der Waals surface area contributed by atoms with Crippen LogP contribution in [-0.2, 0) is 15.1 Å². The first-order valence-electron chi connectivity index (χ1n) is 5.42. The molecule has 0 heterocycles. The Bertz CT molecular complexity index is 440. The molecule has 100 valence electrons. The molecule has 18 heavy (non-hydrogen) atoms. The van der Waals surface area contributed by atoms with E-state index in [1.165, 1.54) is 26.2 Å². The number of nitrogens with two attached hydrogens (primary N) is 1. The Balaban J connectivity index is 3.11. The maximum Gasteiger partial charge on any atom is 0.242 e. The van der Waals surface area contributed by atoms with Gasteiger partial charge in [0, 0.05) is 19.2 Å². The van der Waals surface area contributed by atoms with Gasteiger partial charge in [-0.2, -0.15) is 0 Å². The number of primary amides is 1. The Hall–Kier alpha value is -1.53. The molecule has 0 aliphatic rings. The van der Waals surface area contributed by atoms with Gasteiger partial charge in [0.25, 0.3) is 0 Å². The predicted octanol–water partition coefficient (Wildman–Crippen LogP) is 0.901. The topological polar surface area (TPSA) is 64.3 Å². The second kappa shape index (κ2) is 5.88. The van der Waals surface area contributed by atoms with Crippen molar-refractivity contribution < 1.29 is 18.3 Å². The lowest BCUT2D eigenvalue weighted by Crippen LogP contribution is -2.51. The minimum atomic E-state index is -1.48. The van der Waals surface area contributed by atoms with Crippen molar-refractivity contribution in [3.8, 4) is 0 Å². The van der Waals surface area contributed by atoms with Gasteiger partial charge in [-0.1, -0.05) is 12.1 Å². The van der Waals surface area contributed by atoms with Gasteiger partial charge in [-0.15, -0.1) is 0 Å². The van der Waals surface area contributed by atoms with Gasteiger partial charge in [0.1, 0.15) is 5.54 Å². The third-order valence-corrected chi connectivity index (χ3v) is 2.77. The fourth-order valence-corrected chi connectivity index (χ4v) is 1.61. The van der Waals surface area contributed by atoms with Crippen molar-refractivity contribution in [2.45, 2.75) is 12.5 Å². The first kappa shape index (κ1) is 14.5. The van der Waals surface area contributed by atoms with Crippen LogP contribution in [0.15, 0.2) is 18.2 Å². The molecular weight excluding hydrogens is 242 g/mol. The molecule has 6 heteroatoms. The maximum absolute atomic E-state index is 13.7. The number of methoxy groups -OCH3 is 1. The number of nitrogens with one attached hydrogen (secondary N) is 1. The third-order valence-electron chi connectivity index (χ3n) is 2.77. The van der Waals surface area contributed by atoms with Crippen LogP contribution in [-0.4, -0.2) is 26.2 Å². The Kier molecular flexibility index (Phi) is 4.75. The predicted molar refractivity (Wildman–Crippen MR) is 62.8 cm³/mol. The maximum atomic E-state index is 13.7. The van der Waals surface area contributed by atoms with Gasteiger partial charge >= 0.3 is 0 Å². The summed E-state index contributed by atoms with van der Waals surface area (Å²) in [5.41, 5.74) is 3.67. The quantitative estimate of drug-likeness (QED) is 0.745. The summed E-state index contributed by atoms with van der Waals surface area (Å²) in [5, 5.41) is 2.77. The van der Waals surface area contributed by atoms with Crippen LogP contribution in [0.1, 0.15) is 12.5 Å². The van der Waals surface area contributed by atoms with Crippen LogP contribution in [0, 0.1) is 11.6 Å². The molecule has 1 rings (SSSR count). The summed E-state index contributed by atoms with van der Waals surface area (Å²) in [6.45, 7) is 2.01. The smallest absolute Gasteiger partial charge is 0.242 e. The van der Waals surface area contributed by atoms with Gasteiger partial charge in [0.2, 0.25) is 5.91 Å². The molecule has 1 aromatic rings. The number of benzene rings is 1. The highest BCUT2D eigenvalue weighted by Crippen LogP contribution is 2.24. The van der Waals surface area contributed by atoms with E-state index in [-0.39, 0.29) is 12.1 Å². The Morgan fingerprint density at radius 2 is 2.17 bits per heavy atom. The summed E-state index contributed by atoms with van der Waals surface area (Å²) in [5.74, 6) is -2.89. The summed E-state index contributed by atoms with van der Waals surface area (Å²) in [7, 11) is 1.49. The average Bonchev–Trinajstić information content (AvgIpc) is 2.32. The van der Waals surface area contributed by atoms with Crippen LogP contribution in [0.4, 0.5) is 8.78 Å². The Morgan fingerprint density at radius 3 is 2.72 bits per heavy atom. The zero-order chi connectivity index (χ0) is 13.8. The van der Waals surface area contributed by atoms with Crippen LogP contribution in [0.2, 0.25) is 0 Å². The highest BCUT2D eigenvalue weighted by atomic mass is 19.2. The van der Waals surface area contributed by atoms with E-state index in [4.69, 9.17) is 10.5 Å². The van der Waals surface area contributed by atoms with Gasteiger partial charge in [0.05, 0.1) is 6.61 Å². The zero-order valence-corrected chi connectivity index (χ0v) is 10.3. The Labute approximate surface area is 104 Å². The van der Waals surface area contributed by atoms with E-state index >= 15 is 0 Å². The number of carbonyl (C=O) groups is 1. The molecule has 1 atom stereocenters. The number of hydrogen-bond donors (Lipinski definition) is 2. The minimum absolute atomic E-state index is 0.119. The summed E-state index contributed by atoms with van der Waals surface area (Å²) in [4.78, 5) is 11.5.